The molecule has 0 heterocycles. The van der Waals surface area contributed by atoms with Gasteiger partial charge in [-0.3, -0.25) is 0 Å². The molecule has 0 N–H and O–H groups in total. The van der Waals surface area contributed by atoms with Crippen LogP contribution in [0.1, 0.15) is 35.1 Å². The first-order valence-electron chi connectivity index (χ1n) is 10.4. The Balaban J connectivity index is 1.38. The fourth-order valence-corrected chi connectivity index (χ4v) is 3.64. The van der Waals surface area contributed by atoms with E-state index < -0.39 is 0 Å². The zero-order valence-electron chi connectivity index (χ0n) is 17.1. The van der Waals surface area contributed by atoms with Gasteiger partial charge in [0.1, 0.15) is 5.82 Å². The highest BCUT2D eigenvalue weighted by molar-refractivity contribution is 5.72. The van der Waals surface area contributed by atoms with E-state index in [1.165, 1.54) is 28.8 Å². The Morgan fingerprint density at radius 3 is 1.70 bits per heavy atom. The molecule has 0 spiro atoms. The lowest BCUT2D eigenvalue weighted by atomic mass is 9.93. The van der Waals surface area contributed by atoms with Crippen molar-refractivity contribution in [2.45, 2.75) is 19.3 Å². The summed E-state index contributed by atoms with van der Waals surface area (Å²) in [5, 5.41) is 0. The van der Waals surface area contributed by atoms with Crippen LogP contribution in [0.3, 0.4) is 0 Å². The quantitative estimate of drug-likeness (QED) is 0.292. The van der Waals surface area contributed by atoms with Crippen LogP contribution < -0.4 is 0 Å². The van der Waals surface area contributed by atoms with Crippen LogP contribution in [0.4, 0.5) is 4.39 Å². The van der Waals surface area contributed by atoms with E-state index in [0.29, 0.717) is 5.92 Å². The molecule has 0 radical (unpaired) electrons. The first-order valence-corrected chi connectivity index (χ1v) is 10.4. The minimum Gasteiger partial charge on any atom is -0.207 e. The average molecular weight is 393 g/mol. The van der Waals surface area contributed by atoms with Crippen molar-refractivity contribution in [3.8, 4) is 11.1 Å². The van der Waals surface area contributed by atoms with Gasteiger partial charge in [0.25, 0.3) is 0 Å². The van der Waals surface area contributed by atoms with Gasteiger partial charge >= 0.3 is 0 Å². The lowest BCUT2D eigenvalue weighted by Crippen LogP contribution is -1.98. The second kappa shape index (κ2) is 9.37. The van der Waals surface area contributed by atoms with Crippen molar-refractivity contribution in [2.24, 2.45) is 0 Å². The van der Waals surface area contributed by atoms with Crippen LogP contribution in [0.5, 0.6) is 0 Å². The van der Waals surface area contributed by atoms with Gasteiger partial charge < -0.3 is 0 Å². The van der Waals surface area contributed by atoms with Crippen LogP contribution in [0.25, 0.3) is 23.3 Å². The van der Waals surface area contributed by atoms with Gasteiger partial charge in [-0.25, -0.2) is 4.39 Å². The summed E-state index contributed by atoms with van der Waals surface area (Å²) in [7, 11) is 0. The maximum atomic E-state index is 13.1. The Bertz CT molecular complexity index is 1090. The summed E-state index contributed by atoms with van der Waals surface area (Å²) >= 11 is 0. The van der Waals surface area contributed by atoms with Crippen molar-refractivity contribution in [3.63, 3.8) is 0 Å². The molecule has 0 amide bonds. The Hall–Kier alpha value is -3.45. The number of benzene rings is 4. The van der Waals surface area contributed by atoms with E-state index in [-0.39, 0.29) is 5.82 Å². The van der Waals surface area contributed by atoms with Crippen molar-refractivity contribution in [1.29, 1.82) is 0 Å². The third-order valence-electron chi connectivity index (χ3n) is 5.45. The Kier molecular flexibility index (Phi) is 6.20. The van der Waals surface area contributed by atoms with E-state index in [4.69, 9.17) is 0 Å². The molecule has 0 aliphatic rings. The van der Waals surface area contributed by atoms with E-state index in [1.54, 1.807) is 12.1 Å². The van der Waals surface area contributed by atoms with Gasteiger partial charge in [-0.2, -0.15) is 0 Å². The summed E-state index contributed by atoms with van der Waals surface area (Å²) in [6.07, 6.45) is 5.30. The van der Waals surface area contributed by atoms with Gasteiger partial charge in [-0.05, 0) is 57.9 Å². The van der Waals surface area contributed by atoms with E-state index in [0.717, 1.165) is 23.1 Å². The van der Waals surface area contributed by atoms with Gasteiger partial charge in [-0.15, -0.1) is 0 Å². The average Bonchev–Trinajstić information content (AvgIpc) is 2.80. The fraction of sp³-hybridized carbons (Fsp3) is 0.103. The zero-order valence-corrected chi connectivity index (χ0v) is 17.1. The minimum atomic E-state index is -0.209. The maximum Gasteiger partial charge on any atom is 0.123 e. The van der Waals surface area contributed by atoms with Crippen molar-refractivity contribution in [3.05, 3.63) is 131 Å². The first kappa shape index (κ1) is 19.8. The molecular formula is C29H25F. The highest BCUT2D eigenvalue weighted by Gasteiger charge is 2.06. The fourth-order valence-electron chi connectivity index (χ4n) is 3.64. The maximum absolute atomic E-state index is 13.1. The molecule has 0 saturated carbocycles. The summed E-state index contributed by atoms with van der Waals surface area (Å²) in [4.78, 5) is 0. The summed E-state index contributed by atoms with van der Waals surface area (Å²) in [5.41, 5.74) is 7.17. The lowest BCUT2D eigenvalue weighted by molar-refractivity contribution is 0.628. The molecule has 0 saturated heterocycles. The molecule has 0 bridgehead atoms. The molecule has 4 rings (SSSR count). The lowest BCUT2D eigenvalue weighted by Gasteiger charge is -2.12. The molecule has 4 aromatic carbocycles. The molecule has 30 heavy (non-hydrogen) atoms. The van der Waals surface area contributed by atoms with E-state index >= 15 is 0 Å². The number of hydrogen-bond acceptors (Lipinski definition) is 0. The molecule has 0 aliphatic heterocycles. The molecule has 0 aliphatic carbocycles. The summed E-state index contributed by atoms with van der Waals surface area (Å²) in [5.74, 6) is 0.297. The summed E-state index contributed by atoms with van der Waals surface area (Å²) in [6, 6.07) is 34.4. The summed E-state index contributed by atoms with van der Waals surface area (Å²) < 4.78 is 13.1. The van der Waals surface area contributed by atoms with Crippen molar-refractivity contribution >= 4 is 12.2 Å². The highest BCUT2D eigenvalue weighted by Crippen LogP contribution is 2.22. The van der Waals surface area contributed by atoms with Crippen LogP contribution in [0.15, 0.2) is 103 Å². The minimum absolute atomic E-state index is 0.209. The van der Waals surface area contributed by atoms with Crippen molar-refractivity contribution in [2.75, 3.05) is 0 Å². The molecule has 1 atom stereocenters. The van der Waals surface area contributed by atoms with E-state index in [9.17, 15) is 4.39 Å². The van der Waals surface area contributed by atoms with Crippen LogP contribution >= 0.6 is 0 Å². The SMILES string of the molecule is C[C@H](Cc1ccc(C=Cc2ccc(-c3ccc(F)cc3)cc2)cc1)c1ccccc1. The number of hydrogen-bond donors (Lipinski definition) is 0. The van der Waals surface area contributed by atoms with Crippen LogP contribution in [0, 0.1) is 5.82 Å². The molecule has 148 valence electrons. The number of halogens is 1. The third-order valence-corrected chi connectivity index (χ3v) is 5.45. The van der Waals surface area contributed by atoms with Gasteiger partial charge in [0.05, 0.1) is 0 Å². The molecule has 1 heteroatoms. The van der Waals surface area contributed by atoms with Crippen LogP contribution in [-0.2, 0) is 6.42 Å². The van der Waals surface area contributed by atoms with Crippen molar-refractivity contribution in [1.82, 2.24) is 0 Å². The van der Waals surface area contributed by atoms with Gasteiger partial charge in [0, 0.05) is 0 Å². The van der Waals surface area contributed by atoms with Crippen molar-refractivity contribution < 1.29 is 4.39 Å². The normalized spacial score (nSPS) is 12.2. The summed E-state index contributed by atoms with van der Waals surface area (Å²) in [6.45, 7) is 2.28. The molecule has 4 aromatic rings. The molecule has 0 nitrogen and oxygen atoms in total. The molecule has 0 fully saturated rings. The third kappa shape index (κ3) is 5.12. The molecular weight excluding hydrogens is 367 g/mol. The van der Waals surface area contributed by atoms with Gasteiger partial charge in [-0.1, -0.05) is 110 Å². The van der Waals surface area contributed by atoms with Crippen LogP contribution in [-0.4, -0.2) is 0 Å². The number of rotatable bonds is 6. The largest absolute Gasteiger partial charge is 0.207 e. The monoisotopic (exact) mass is 392 g/mol. The first-order chi connectivity index (χ1) is 14.7. The second-order valence-corrected chi connectivity index (χ2v) is 7.72. The van der Waals surface area contributed by atoms with Crippen LogP contribution in [0.2, 0.25) is 0 Å². The Morgan fingerprint density at radius 1 is 0.633 bits per heavy atom. The predicted octanol–water partition coefficient (Wildman–Crippen LogP) is 8.01. The van der Waals surface area contributed by atoms with Gasteiger partial charge in [0.2, 0.25) is 0 Å². The topological polar surface area (TPSA) is 0 Å². The predicted molar refractivity (Wildman–Crippen MR) is 126 cm³/mol. The Labute approximate surface area is 178 Å². The second-order valence-electron chi connectivity index (χ2n) is 7.72. The molecule has 0 unspecified atom stereocenters. The smallest absolute Gasteiger partial charge is 0.123 e. The van der Waals surface area contributed by atoms with E-state index in [1.807, 2.05) is 0 Å². The van der Waals surface area contributed by atoms with Gasteiger partial charge in [0.15, 0.2) is 0 Å². The standard InChI is InChI=1S/C29H25F/c1-22(26-5-3-2-4-6-26)21-25-11-9-23(10-12-25)7-8-24-13-15-27(16-14-24)28-17-19-29(30)20-18-28/h2-20,22H,21H2,1H3/t22-/m1/s1. The Morgan fingerprint density at radius 2 is 1.13 bits per heavy atom. The highest BCUT2D eigenvalue weighted by atomic mass is 19.1. The molecule has 0 aromatic heterocycles. The zero-order chi connectivity index (χ0) is 20.8. The van der Waals surface area contributed by atoms with E-state index in [2.05, 4.69) is 97.9 Å².